The second kappa shape index (κ2) is 13.8. The molecule has 3 aliphatic carbocycles. The minimum absolute atomic E-state index is 0.418. The summed E-state index contributed by atoms with van der Waals surface area (Å²) >= 11 is 0. The van der Waals surface area contributed by atoms with Gasteiger partial charge in [-0.1, -0.05) is 152 Å². The molecule has 0 saturated carbocycles. The minimum Gasteiger partial charge on any atom is -0.310 e. The number of hydrogen-bond donors (Lipinski definition) is 0. The van der Waals surface area contributed by atoms with E-state index in [9.17, 15) is 0 Å². The Bertz CT molecular complexity index is 3810. The third-order valence-electron chi connectivity index (χ3n) is 14.3. The number of benzene rings is 9. The van der Waals surface area contributed by atoms with Crippen molar-refractivity contribution in [2.45, 2.75) is 11.8 Å². The number of anilines is 3. The van der Waals surface area contributed by atoms with Crippen molar-refractivity contribution in [3.63, 3.8) is 0 Å². The van der Waals surface area contributed by atoms with E-state index in [0.29, 0.717) is 0 Å². The van der Waals surface area contributed by atoms with E-state index in [1.54, 1.807) is 0 Å². The van der Waals surface area contributed by atoms with Crippen LogP contribution in [0.1, 0.15) is 28.7 Å². The van der Waals surface area contributed by atoms with Crippen molar-refractivity contribution in [2.75, 3.05) is 4.90 Å². The summed E-state index contributed by atoms with van der Waals surface area (Å²) in [5, 5.41) is 4.94. The van der Waals surface area contributed by atoms with Crippen molar-refractivity contribution in [3.05, 3.63) is 259 Å². The molecule has 3 nitrogen and oxygen atoms in total. The summed E-state index contributed by atoms with van der Waals surface area (Å²) in [6.07, 6.45) is 12.2. The maximum Gasteiger partial charge on any atom is 0.0725 e. The molecule has 2 heterocycles. The number of allylic oxidation sites excluding steroid dienone is 6. The molecule has 0 aliphatic heterocycles. The summed E-state index contributed by atoms with van der Waals surface area (Å²) in [7, 11) is 0. The third kappa shape index (κ3) is 5.01. The van der Waals surface area contributed by atoms with Gasteiger partial charge in [-0.3, -0.25) is 0 Å². The third-order valence-corrected chi connectivity index (χ3v) is 14.3. The Balaban J connectivity index is 1.04. The first-order valence-corrected chi connectivity index (χ1v) is 22.7. The molecular formula is C62H41N3. The van der Waals surface area contributed by atoms with E-state index in [-0.39, 0.29) is 0 Å². The molecule has 0 N–H and O–H groups in total. The lowest BCUT2D eigenvalue weighted by Crippen LogP contribution is -2.25. The maximum atomic E-state index is 2.55. The average Bonchev–Trinajstić information content (AvgIpc) is 3.97. The number of hydrogen-bond acceptors (Lipinski definition) is 1. The molecule has 0 amide bonds. The van der Waals surface area contributed by atoms with Crippen LogP contribution >= 0.6 is 0 Å². The van der Waals surface area contributed by atoms with E-state index >= 15 is 0 Å². The highest BCUT2D eigenvalue weighted by Gasteiger charge is 2.51. The molecule has 65 heavy (non-hydrogen) atoms. The summed E-state index contributed by atoms with van der Waals surface area (Å²) in [6, 6.07) is 76.7. The predicted octanol–water partition coefficient (Wildman–Crippen LogP) is 16.1. The topological polar surface area (TPSA) is 13.1 Å². The number of aromatic nitrogens is 2. The van der Waals surface area contributed by atoms with Gasteiger partial charge < -0.3 is 14.0 Å². The van der Waals surface area contributed by atoms with Crippen LogP contribution in [0.3, 0.4) is 0 Å². The Labute approximate surface area is 377 Å². The van der Waals surface area contributed by atoms with Gasteiger partial charge in [0.15, 0.2) is 0 Å². The molecule has 0 atom stereocenters. The highest BCUT2D eigenvalue weighted by atomic mass is 15.1. The van der Waals surface area contributed by atoms with Crippen LogP contribution in [-0.2, 0) is 5.41 Å². The zero-order valence-corrected chi connectivity index (χ0v) is 35.6. The van der Waals surface area contributed by atoms with Gasteiger partial charge in [-0.2, -0.15) is 0 Å². The molecule has 9 aromatic carbocycles. The van der Waals surface area contributed by atoms with Gasteiger partial charge in [-0.05, 0) is 136 Å². The number of nitrogens with zero attached hydrogens (tertiary/aromatic N) is 3. The quantitative estimate of drug-likeness (QED) is 0.168. The van der Waals surface area contributed by atoms with Crippen molar-refractivity contribution in [1.29, 1.82) is 0 Å². The van der Waals surface area contributed by atoms with E-state index < -0.39 is 5.41 Å². The molecule has 3 aliphatic rings. The predicted molar refractivity (Wildman–Crippen MR) is 272 cm³/mol. The van der Waals surface area contributed by atoms with E-state index in [1.165, 1.54) is 88.1 Å². The highest BCUT2D eigenvalue weighted by molar-refractivity contribution is 6.15. The number of para-hydroxylation sites is 3. The van der Waals surface area contributed by atoms with Gasteiger partial charge in [0.05, 0.1) is 27.5 Å². The number of fused-ring (bicyclic) bond motifs is 16. The van der Waals surface area contributed by atoms with E-state index in [1.807, 2.05) is 0 Å². The van der Waals surface area contributed by atoms with Crippen LogP contribution in [0, 0.1) is 0 Å². The number of rotatable bonds is 5. The largest absolute Gasteiger partial charge is 0.310 e. The lowest BCUT2D eigenvalue weighted by molar-refractivity contribution is 0.795. The van der Waals surface area contributed by atoms with Gasteiger partial charge in [0, 0.05) is 50.0 Å². The fourth-order valence-electron chi connectivity index (χ4n) is 11.7. The van der Waals surface area contributed by atoms with E-state index in [0.717, 1.165) is 34.9 Å². The van der Waals surface area contributed by atoms with Crippen LogP contribution in [-0.4, -0.2) is 9.13 Å². The molecular weight excluding hydrogens is 787 g/mol. The zero-order chi connectivity index (χ0) is 42.6. The van der Waals surface area contributed by atoms with Crippen molar-refractivity contribution >= 4 is 66.4 Å². The summed E-state index contributed by atoms with van der Waals surface area (Å²) in [5.74, 6) is 0. The van der Waals surface area contributed by atoms with Gasteiger partial charge in [0.1, 0.15) is 0 Å². The first-order chi connectivity index (χ1) is 32.3. The lowest BCUT2D eigenvalue weighted by atomic mass is 9.70. The monoisotopic (exact) mass is 827 g/mol. The molecule has 2 aromatic heterocycles. The fourth-order valence-corrected chi connectivity index (χ4v) is 11.7. The first kappa shape index (κ1) is 36.1. The summed E-state index contributed by atoms with van der Waals surface area (Å²) in [4.78, 5) is 2.42. The van der Waals surface area contributed by atoms with Crippen LogP contribution < -0.4 is 4.90 Å². The van der Waals surface area contributed by atoms with Crippen LogP contribution in [0.4, 0.5) is 17.1 Å². The highest BCUT2D eigenvalue weighted by Crippen LogP contribution is 2.63. The minimum atomic E-state index is -0.418. The maximum absolute atomic E-state index is 2.55. The Morgan fingerprint density at radius 2 is 0.938 bits per heavy atom. The molecule has 304 valence electrons. The van der Waals surface area contributed by atoms with Gasteiger partial charge in [-0.25, -0.2) is 0 Å². The second-order valence-electron chi connectivity index (χ2n) is 17.6. The van der Waals surface area contributed by atoms with Crippen LogP contribution in [0.5, 0.6) is 0 Å². The van der Waals surface area contributed by atoms with Gasteiger partial charge in [0.2, 0.25) is 0 Å². The zero-order valence-electron chi connectivity index (χ0n) is 35.6. The van der Waals surface area contributed by atoms with E-state index in [4.69, 9.17) is 0 Å². The Hall–Kier alpha value is -8.40. The first-order valence-electron chi connectivity index (χ1n) is 22.7. The van der Waals surface area contributed by atoms with Crippen LogP contribution in [0.15, 0.2) is 237 Å². The van der Waals surface area contributed by atoms with Crippen LogP contribution in [0.2, 0.25) is 0 Å². The molecule has 0 radical (unpaired) electrons. The summed E-state index contributed by atoms with van der Waals surface area (Å²) < 4.78 is 4.89. The van der Waals surface area contributed by atoms with E-state index in [2.05, 4.69) is 251 Å². The van der Waals surface area contributed by atoms with Crippen molar-refractivity contribution < 1.29 is 0 Å². The lowest BCUT2D eigenvalue weighted by Gasteiger charge is -2.30. The van der Waals surface area contributed by atoms with Gasteiger partial charge in [0.25, 0.3) is 0 Å². The molecule has 0 saturated heterocycles. The molecule has 0 bridgehead atoms. The van der Waals surface area contributed by atoms with Crippen molar-refractivity contribution in [3.8, 4) is 27.9 Å². The SMILES string of the molecule is C1=CCC=CC(n2c3cc(N(c4ccccc4)c4ccc5c(c4)c4ccccc4n5-c4ccccc4)ccc3c3cc4c(cc32)-c2ccccc2C42c3ccccc3-c3ccccc32)=C1. The second-order valence-corrected chi connectivity index (χ2v) is 17.6. The van der Waals surface area contributed by atoms with Crippen molar-refractivity contribution in [1.82, 2.24) is 9.13 Å². The Kier molecular flexibility index (Phi) is 7.67. The summed E-state index contributed by atoms with van der Waals surface area (Å²) in [5.41, 5.74) is 20.6. The Morgan fingerprint density at radius 1 is 0.369 bits per heavy atom. The molecule has 0 unspecified atom stereocenters. The fraction of sp³-hybridized carbons (Fsp3) is 0.0323. The van der Waals surface area contributed by atoms with Gasteiger partial charge >= 0.3 is 0 Å². The van der Waals surface area contributed by atoms with Gasteiger partial charge in [-0.15, -0.1) is 0 Å². The Morgan fingerprint density at radius 3 is 1.69 bits per heavy atom. The smallest absolute Gasteiger partial charge is 0.0725 e. The average molecular weight is 828 g/mol. The summed E-state index contributed by atoms with van der Waals surface area (Å²) in [6.45, 7) is 0. The molecule has 11 aromatic rings. The van der Waals surface area contributed by atoms with Crippen molar-refractivity contribution in [2.24, 2.45) is 0 Å². The van der Waals surface area contributed by atoms with Crippen LogP contribution in [0.25, 0.3) is 77.2 Å². The molecule has 3 heteroatoms. The molecule has 1 spiro atoms. The standard InChI is InChI=1S/C62H41N3/c1-2-6-22-43(21-5-1)65-60-38-45(63(41-19-7-3-8-20-41)44-34-36-59-52(37-44)49-28-14-18-32-58(49)64(59)42-23-9-4-10-24-42)33-35-50(60)53-39-57-51(40-61(53)65)48-27-13-17-31-56(48)62(57)54-29-15-11-25-46(54)47-26-12-16-30-55(47)62/h1,3-40H,2H2. The molecule has 14 rings (SSSR count). The normalized spacial score (nSPS) is 14.2. The molecule has 0 fully saturated rings.